The molecule has 90 valence electrons. The van der Waals surface area contributed by atoms with Crippen molar-refractivity contribution in [1.29, 1.82) is 0 Å². The summed E-state index contributed by atoms with van der Waals surface area (Å²) in [6.45, 7) is 9.67. The van der Waals surface area contributed by atoms with Crippen molar-refractivity contribution in [1.82, 2.24) is 5.01 Å². The molecular weight excluding hydrogens is 204 g/mol. The number of unbranched alkanes of at least 4 members (excludes halogenated alkanes) is 1. The monoisotopic (exact) mass is 230 g/mol. The summed E-state index contributed by atoms with van der Waals surface area (Å²) in [5.74, 6) is 0. The van der Waals surface area contributed by atoms with Crippen LogP contribution in [0, 0.1) is 0 Å². The summed E-state index contributed by atoms with van der Waals surface area (Å²) in [6.07, 6.45) is 3.39. The van der Waals surface area contributed by atoms with Gasteiger partial charge in [0.25, 0.3) is 0 Å². The van der Waals surface area contributed by atoms with Gasteiger partial charge in [-0.1, -0.05) is 0 Å². The van der Waals surface area contributed by atoms with Crippen LogP contribution in [0.1, 0.15) is 26.2 Å². The zero-order valence-electron chi connectivity index (χ0n) is 11.1. The van der Waals surface area contributed by atoms with E-state index in [1.165, 1.54) is 12.1 Å². The van der Waals surface area contributed by atoms with Gasteiger partial charge in [0.1, 0.15) is 0 Å². The van der Waals surface area contributed by atoms with E-state index in [0.29, 0.717) is 0 Å². The lowest BCUT2D eigenvalue weighted by Crippen LogP contribution is -2.25. The second-order valence-corrected chi connectivity index (χ2v) is 9.61. The highest BCUT2D eigenvalue weighted by atomic mass is 28.4. The van der Waals surface area contributed by atoms with Crippen LogP contribution in [0.15, 0.2) is 5.10 Å². The first-order valence-corrected chi connectivity index (χ1v) is 9.07. The van der Waals surface area contributed by atoms with E-state index in [4.69, 9.17) is 4.43 Å². The topological polar surface area (TPSA) is 24.8 Å². The molecule has 0 spiro atoms. The van der Waals surface area contributed by atoms with Crippen LogP contribution < -0.4 is 0 Å². The number of hydrazone groups is 1. The molecule has 0 unspecified atom stereocenters. The van der Waals surface area contributed by atoms with Gasteiger partial charge < -0.3 is 9.43 Å². The average molecular weight is 230 g/mol. The van der Waals surface area contributed by atoms with Gasteiger partial charge in [-0.05, 0) is 45.8 Å². The van der Waals surface area contributed by atoms with Gasteiger partial charge in [-0.15, -0.1) is 0 Å². The van der Waals surface area contributed by atoms with Crippen LogP contribution in [-0.2, 0) is 4.43 Å². The first kappa shape index (κ1) is 14.6. The summed E-state index contributed by atoms with van der Waals surface area (Å²) < 4.78 is 5.78. The molecule has 3 nitrogen and oxygen atoms in total. The maximum absolute atomic E-state index is 5.78. The Kier molecular flexibility index (Phi) is 6.84. The highest BCUT2D eigenvalue weighted by molar-refractivity contribution is 6.69. The first-order valence-electron chi connectivity index (χ1n) is 5.66. The van der Waals surface area contributed by atoms with Crippen molar-refractivity contribution in [2.75, 3.05) is 20.7 Å². The summed E-state index contributed by atoms with van der Waals surface area (Å²) >= 11 is 0. The van der Waals surface area contributed by atoms with Gasteiger partial charge in [-0.25, -0.2) is 0 Å². The lowest BCUT2D eigenvalue weighted by Gasteiger charge is -2.16. The number of hydrogen-bond donors (Lipinski definition) is 0. The molecule has 0 amide bonds. The highest BCUT2D eigenvalue weighted by Crippen LogP contribution is 2.05. The summed E-state index contributed by atoms with van der Waals surface area (Å²) in [5.41, 5.74) is 1.20. The number of hydrogen-bond acceptors (Lipinski definition) is 3. The third-order valence-corrected chi connectivity index (χ3v) is 2.91. The second kappa shape index (κ2) is 7.01. The minimum absolute atomic E-state index is 0.908. The lowest BCUT2D eigenvalue weighted by molar-refractivity contribution is 0.301. The maximum atomic E-state index is 5.78. The lowest BCUT2D eigenvalue weighted by atomic mass is 10.2. The Morgan fingerprint density at radius 2 is 1.80 bits per heavy atom. The van der Waals surface area contributed by atoms with Crippen molar-refractivity contribution in [2.45, 2.75) is 45.8 Å². The number of nitrogens with zero attached hydrogens (tertiary/aromatic N) is 2. The summed E-state index contributed by atoms with van der Waals surface area (Å²) in [5, 5.41) is 6.20. The van der Waals surface area contributed by atoms with Crippen molar-refractivity contribution in [3.05, 3.63) is 0 Å². The van der Waals surface area contributed by atoms with E-state index < -0.39 is 8.32 Å². The highest BCUT2D eigenvalue weighted by Gasteiger charge is 2.12. The fourth-order valence-corrected chi connectivity index (χ4v) is 2.01. The number of rotatable bonds is 7. The van der Waals surface area contributed by atoms with Crippen LogP contribution in [0.5, 0.6) is 0 Å². The molecule has 15 heavy (non-hydrogen) atoms. The molecule has 0 atom stereocenters. The molecule has 0 aliphatic rings. The van der Waals surface area contributed by atoms with Crippen molar-refractivity contribution in [3.63, 3.8) is 0 Å². The van der Waals surface area contributed by atoms with E-state index in [2.05, 4.69) is 31.7 Å². The molecule has 0 aromatic rings. The first-order chi connectivity index (χ1) is 6.81. The van der Waals surface area contributed by atoms with Crippen LogP contribution >= 0.6 is 0 Å². The van der Waals surface area contributed by atoms with Crippen molar-refractivity contribution in [3.8, 4) is 0 Å². The Hall–Kier alpha value is -0.353. The maximum Gasteiger partial charge on any atom is 0.183 e. The normalized spacial score (nSPS) is 13.1. The SMILES string of the molecule is CC(CCCCO[Si](C)(C)C)=NN(C)C. The quantitative estimate of drug-likeness (QED) is 0.291. The molecule has 0 N–H and O–H groups in total. The van der Waals surface area contributed by atoms with Crippen LogP contribution in [0.4, 0.5) is 0 Å². The fraction of sp³-hybridized carbons (Fsp3) is 0.909. The van der Waals surface area contributed by atoms with Gasteiger partial charge in [-0.2, -0.15) is 5.10 Å². The average Bonchev–Trinajstić information content (AvgIpc) is 1.99. The zero-order chi connectivity index (χ0) is 11.9. The van der Waals surface area contributed by atoms with Crippen LogP contribution in [-0.4, -0.2) is 39.7 Å². The van der Waals surface area contributed by atoms with Gasteiger partial charge in [-0.3, -0.25) is 0 Å². The minimum atomic E-state index is -1.30. The van der Waals surface area contributed by atoms with Crippen LogP contribution in [0.2, 0.25) is 19.6 Å². The molecular formula is C11H26N2OSi. The summed E-state index contributed by atoms with van der Waals surface area (Å²) in [4.78, 5) is 0. The molecule has 0 aromatic carbocycles. The molecule has 0 radical (unpaired) electrons. The van der Waals surface area contributed by atoms with Crippen LogP contribution in [0.25, 0.3) is 0 Å². The van der Waals surface area contributed by atoms with E-state index >= 15 is 0 Å². The Labute approximate surface area is 95.6 Å². The van der Waals surface area contributed by atoms with E-state index in [9.17, 15) is 0 Å². The minimum Gasteiger partial charge on any atom is -0.418 e. The molecule has 0 heterocycles. The van der Waals surface area contributed by atoms with Gasteiger partial charge in [0.2, 0.25) is 0 Å². The summed E-state index contributed by atoms with van der Waals surface area (Å²) in [7, 11) is 2.61. The predicted octanol–water partition coefficient (Wildman–Crippen LogP) is 2.95. The molecule has 0 saturated heterocycles. The molecule has 0 saturated carbocycles. The van der Waals surface area contributed by atoms with Gasteiger partial charge in [0.15, 0.2) is 8.32 Å². The Bertz CT molecular complexity index is 197. The third kappa shape index (κ3) is 11.6. The Morgan fingerprint density at radius 1 is 1.20 bits per heavy atom. The Morgan fingerprint density at radius 3 is 2.27 bits per heavy atom. The molecule has 0 aliphatic heterocycles. The molecule has 0 fully saturated rings. The van der Waals surface area contributed by atoms with Gasteiger partial charge in [0, 0.05) is 26.4 Å². The van der Waals surface area contributed by atoms with Crippen molar-refractivity contribution in [2.24, 2.45) is 5.10 Å². The molecule has 0 aliphatic carbocycles. The second-order valence-electron chi connectivity index (χ2n) is 5.10. The fourth-order valence-electron chi connectivity index (χ4n) is 1.25. The largest absolute Gasteiger partial charge is 0.418 e. The molecule has 0 bridgehead atoms. The third-order valence-electron chi connectivity index (χ3n) is 1.84. The molecule has 0 rings (SSSR count). The smallest absolute Gasteiger partial charge is 0.183 e. The van der Waals surface area contributed by atoms with Crippen molar-refractivity contribution < 1.29 is 4.43 Å². The van der Waals surface area contributed by atoms with E-state index in [1.54, 1.807) is 0 Å². The summed E-state index contributed by atoms with van der Waals surface area (Å²) in [6, 6.07) is 0. The van der Waals surface area contributed by atoms with E-state index in [0.717, 1.165) is 19.4 Å². The van der Waals surface area contributed by atoms with Crippen LogP contribution in [0.3, 0.4) is 0 Å². The van der Waals surface area contributed by atoms with Gasteiger partial charge in [0.05, 0.1) is 0 Å². The molecule has 0 aromatic heterocycles. The standard InChI is InChI=1S/C11H26N2OSi/c1-11(12-13(2)3)9-7-8-10-14-15(4,5)6/h7-10H2,1-6H3. The zero-order valence-corrected chi connectivity index (χ0v) is 12.1. The van der Waals surface area contributed by atoms with E-state index in [-0.39, 0.29) is 0 Å². The van der Waals surface area contributed by atoms with E-state index in [1.807, 2.05) is 19.1 Å². The van der Waals surface area contributed by atoms with Gasteiger partial charge >= 0.3 is 0 Å². The predicted molar refractivity (Wildman–Crippen MR) is 69.9 cm³/mol. The Balaban J connectivity index is 3.47. The van der Waals surface area contributed by atoms with Crippen molar-refractivity contribution >= 4 is 14.0 Å². The molecule has 4 heteroatoms.